The Hall–Kier alpha value is -2.44. The number of likely N-dealkylation sites (tertiary alicyclic amines) is 1. The molecule has 1 aliphatic rings. The van der Waals surface area contributed by atoms with Gasteiger partial charge in [0.1, 0.15) is 17.3 Å². The van der Waals surface area contributed by atoms with Gasteiger partial charge in [-0.05, 0) is 37.1 Å². The Morgan fingerprint density at radius 1 is 1.12 bits per heavy atom. The summed E-state index contributed by atoms with van der Waals surface area (Å²) in [4.78, 5) is 2.40. The summed E-state index contributed by atoms with van der Waals surface area (Å²) in [6.07, 6.45) is 3.88. The van der Waals surface area contributed by atoms with Crippen molar-refractivity contribution in [2.75, 3.05) is 13.1 Å². The minimum absolute atomic E-state index is 0.288. The highest BCUT2D eigenvalue weighted by molar-refractivity contribution is 5.59. The van der Waals surface area contributed by atoms with Gasteiger partial charge in [-0.15, -0.1) is 0 Å². The fraction of sp³-hybridized carbons (Fsp3) is 0.350. The fourth-order valence-electron chi connectivity index (χ4n) is 3.36. The summed E-state index contributed by atoms with van der Waals surface area (Å²) in [6.45, 7) is 3.54. The van der Waals surface area contributed by atoms with Crippen molar-refractivity contribution < 1.29 is 13.3 Å². The van der Waals surface area contributed by atoms with Gasteiger partial charge in [-0.25, -0.2) is 4.39 Å². The molecule has 1 aliphatic heterocycles. The first kappa shape index (κ1) is 17.0. The monoisotopic (exact) mass is 355 g/mol. The molecule has 0 unspecified atom stereocenters. The lowest BCUT2D eigenvalue weighted by molar-refractivity contribution is 0.176. The van der Waals surface area contributed by atoms with Crippen LogP contribution in [-0.4, -0.2) is 29.2 Å². The maximum atomic E-state index is 13.8. The third-order valence-electron chi connectivity index (χ3n) is 4.82. The lowest BCUT2D eigenvalue weighted by Crippen LogP contribution is -2.41. The first-order chi connectivity index (χ1) is 12.8. The Morgan fingerprint density at radius 3 is 2.73 bits per heavy atom. The minimum Gasteiger partial charge on any atom is -0.468 e. The molecule has 0 spiro atoms. The van der Waals surface area contributed by atoms with Crippen LogP contribution in [0, 0.1) is 5.82 Å². The number of hydrogen-bond acceptors (Lipinski definition) is 5. The van der Waals surface area contributed by atoms with Crippen molar-refractivity contribution in [3.63, 3.8) is 0 Å². The molecule has 1 saturated heterocycles. The highest BCUT2D eigenvalue weighted by Gasteiger charge is 2.20. The number of rotatable bonds is 6. The van der Waals surface area contributed by atoms with Crippen molar-refractivity contribution >= 4 is 0 Å². The molecule has 6 heteroatoms. The molecule has 0 amide bonds. The van der Waals surface area contributed by atoms with E-state index in [1.807, 2.05) is 12.1 Å². The Kier molecular flexibility index (Phi) is 5.13. The van der Waals surface area contributed by atoms with Crippen molar-refractivity contribution in [3.8, 4) is 11.3 Å². The van der Waals surface area contributed by atoms with Crippen LogP contribution in [0.15, 0.2) is 57.7 Å². The quantitative estimate of drug-likeness (QED) is 0.728. The molecule has 136 valence electrons. The Bertz CT molecular complexity index is 823. The molecule has 3 aromatic rings. The van der Waals surface area contributed by atoms with E-state index in [-0.39, 0.29) is 5.82 Å². The standard InChI is InChI=1S/C20H22FN3O2/c21-19-6-2-1-5-18(19)20-12-17(26-23-20)13-22-15-7-9-24(10-8-15)14-16-4-3-11-25-16/h1-6,11-12,15,22H,7-10,13-14H2. The molecule has 1 fully saturated rings. The topological polar surface area (TPSA) is 54.4 Å². The highest BCUT2D eigenvalue weighted by Crippen LogP contribution is 2.22. The number of nitrogens with zero attached hydrogens (tertiary/aromatic N) is 2. The number of benzene rings is 1. The molecular formula is C20H22FN3O2. The summed E-state index contributed by atoms with van der Waals surface area (Å²) in [5.74, 6) is 1.45. The maximum Gasteiger partial charge on any atom is 0.151 e. The van der Waals surface area contributed by atoms with Crippen molar-refractivity contribution in [3.05, 3.63) is 66.1 Å². The lowest BCUT2D eigenvalue weighted by Gasteiger charge is -2.31. The third kappa shape index (κ3) is 4.03. The summed E-state index contributed by atoms with van der Waals surface area (Å²) < 4.78 is 24.6. The molecule has 4 rings (SSSR count). The Balaban J connectivity index is 1.26. The molecule has 1 aromatic carbocycles. The number of aromatic nitrogens is 1. The van der Waals surface area contributed by atoms with Crippen LogP contribution in [-0.2, 0) is 13.1 Å². The molecule has 0 aliphatic carbocycles. The van der Waals surface area contributed by atoms with E-state index in [1.165, 1.54) is 6.07 Å². The first-order valence-corrected chi connectivity index (χ1v) is 8.96. The van der Waals surface area contributed by atoms with Gasteiger partial charge in [0.05, 0.1) is 19.4 Å². The number of nitrogens with one attached hydrogen (secondary N) is 1. The summed E-state index contributed by atoms with van der Waals surface area (Å²) >= 11 is 0. The van der Waals surface area contributed by atoms with E-state index in [4.69, 9.17) is 8.94 Å². The van der Waals surface area contributed by atoms with Gasteiger partial charge in [0.2, 0.25) is 0 Å². The van der Waals surface area contributed by atoms with Gasteiger partial charge in [-0.2, -0.15) is 0 Å². The van der Waals surface area contributed by atoms with Crippen LogP contribution in [0.1, 0.15) is 24.4 Å². The van der Waals surface area contributed by atoms with Crippen molar-refractivity contribution in [2.24, 2.45) is 0 Å². The van der Waals surface area contributed by atoms with Crippen LogP contribution in [0.3, 0.4) is 0 Å². The van der Waals surface area contributed by atoms with Crippen molar-refractivity contribution in [1.29, 1.82) is 0 Å². The van der Waals surface area contributed by atoms with Gasteiger partial charge in [0.15, 0.2) is 5.76 Å². The predicted octanol–water partition coefficient (Wildman–Crippen LogP) is 3.83. The summed E-state index contributed by atoms with van der Waals surface area (Å²) in [7, 11) is 0. The number of halogens is 1. The van der Waals surface area contributed by atoms with E-state index in [2.05, 4.69) is 15.4 Å². The fourth-order valence-corrected chi connectivity index (χ4v) is 3.36. The third-order valence-corrected chi connectivity index (χ3v) is 4.82. The second-order valence-corrected chi connectivity index (χ2v) is 6.67. The molecule has 2 aromatic heterocycles. The van der Waals surface area contributed by atoms with E-state index < -0.39 is 0 Å². The summed E-state index contributed by atoms with van der Waals surface area (Å²) in [5, 5.41) is 7.51. The lowest BCUT2D eigenvalue weighted by atomic mass is 10.0. The highest BCUT2D eigenvalue weighted by atomic mass is 19.1. The van der Waals surface area contributed by atoms with Crippen LogP contribution in [0.4, 0.5) is 4.39 Å². The van der Waals surface area contributed by atoms with Gasteiger partial charge in [-0.1, -0.05) is 17.3 Å². The van der Waals surface area contributed by atoms with E-state index in [0.29, 0.717) is 23.8 Å². The van der Waals surface area contributed by atoms with Crippen LogP contribution in [0.2, 0.25) is 0 Å². The average molecular weight is 355 g/mol. The van der Waals surface area contributed by atoms with E-state index in [0.717, 1.165) is 44.0 Å². The summed E-state index contributed by atoms with van der Waals surface area (Å²) in [5.41, 5.74) is 1.00. The first-order valence-electron chi connectivity index (χ1n) is 8.96. The van der Waals surface area contributed by atoms with Crippen LogP contribution < -0.4 is 5.32 Å². The number of piperidine rings is 1. The molecule has 1 N–H and O–H groups in total. The van der Waals surface area contributed by atoms with Crippen LogP contribution >= 0.6 is 0 Å². The largest absolute Gasteiger partial charge is 0.468 e. The van der Waals surface area contributed by atoms with Crippen molar-refractivity contribution in [2.45, 2.75) is 32.0 Å². The number of hydrogen-bond donors (Lipinski definition) is 1. The zero-order chi connectivity index (χ0) is 17.8. The van der Waals surface area contributed by atoms with E-state index >= 15 is 0 Å². The molecule has 0 radical (unpaired) electrons. The molecule has 3 heterocycles. The van der Waals surface area contributed by atoms with Gasteiger partial charge < -0.3 is 14.3 Å². The van der Waals surface area contributed by atoms with Gasteiger partial charge >= 0.3 is 0 Å². The molecular weight excluding hydrogens is 333 g/mol. The Morgan fingerprint density at radius 2 is 1.96 bits per heavy atom. The van der Waals surface area contributed by atoms with E-state index in [9.17, 15) is 4.39 Å². The van der Waals surface area contributed by atoms with Gasteiger partial charge in [0, 0.05) is 30.8 Å². The summed E-state index contributed by atoms with van der Waals surface area (Å²) in [6, 6.07) is 12.8. The molecule has 0 bridgehead atoms. The normalized spacial score (nSPS) is 16.2. The molecule has 26 heavy (non-hydrogen) atoms. The molecule has 0 atom stereocenters. The average Bonchev–Trinajstić information content (AvgIpc) is 3.34. The molecule has 0 saturated carbocycles. The molecule has 5 nitrogen and oxygen atoms in total. The zero-order valence-electron chi connectivity index (χ0n) is 14.5. The van der Waals surface area contributed by atoms with Gasteiger partial charge in [0.25, 0.3) is 0 Å². The van der Waals surface area contributed by atoms with Crippen molar-refractivity contribution in [1.82, 2.24) is 15.4 Å². The van der Waals surface area contributed by atoms with Gasteiger partial charge in [-0.3, -0.25) is 4.90 Å². The predicted molar refractivity (Wildman–Crippen MR) is 95.7 cm³/mol. The SMILES string of the molecule is Fc1ccccc1-c1cc(CNC2CCN(Cc3ccco3)CC2)on1. The zero-order valence-corrected chi connectivity index (χ0v) is 14.5. The van der Waals surface area contributed by atoms with Crippen LogP contribution in [0.25, 0.3) is 11.3 Å². The minimum atomic E-state index is -0.288. The van der Waals surface area contributed by atoms with Crippen LogP contribution in [0.5, 0.6) is 0 Å². The smallest absolute Gasteiger partial charge is 0.151 e. The Labute approximate surface area is 151 Å². The van der Waals surface area contributed by atoms with E-state index in [1.54, 1.807) is 30.5 Å². The number of furan rings is 1. The maximum absolute atomic E-state index is 13.8. The second kappa shape index (κ2) is 7.85. The second-order valence-electron chi connectivity index (χ2n) is 6.67.